The van der Waals surface area contributed by atoms with E-state index in [-0.39, 0.29) is 19.4 Å². The van der Waals surface area contributed by atoms with Crippen molar-refractivity contribution in [2.75, 3.05) is 12.8 Å². The highest BCUT2D eigenvalue weighted by atomic mass is 31.2. The quantitative estimate of drug-likeness (QED) is 0.378. The zero-order valence-electron chi connectivity index (χ0n) is 15.1. The summed E-state index contributed by atoms with van der Waals surface area (Å²) in [5, 5.41) is 13.8. The zero-order chi connectivity index (χ0) is 20.6. The molecular weight excluding hydrogens is 383 g/mol. The first-order chi connectivity index (χ1) is 13.3. The van der Waals surface area contributed by atoms with Crippen molar-refractivity contribution in [2.24, 2.45) is 0 Å². The van der Waals surface area contributed by atoms with Crippen molar-refractivity contribution in [3.63, 3.8) is 0 Å². The van der Waals surface area contributed by atoms with Gasteiger partial charge in [-0.2, -0.15) is 0 Å². The first-order valence-electron chi connectivity index (χ1n) is 8.67. The van der Waals surface area contributed by atoms with Crippen molar-refractivity contribution in [3.05, 3.63) is 60.2 Å². The average Bonchev–Trinajstić information content (AvgIpc) is 2.65. The van der Waals surface area contributed by atoms with E-state index in [1.54, 1.807) is 0 Å². The number of nitrogens with one attached hydrogen (secondary N) is 2. The van der Waals surface area contributed by atoms with Crippen molar-refractivity contribution >= 4 is 19.5 Å². The van der Waals surface area contributed by atoms with E-state index in [0.29, 0.717) is 0 Å². The lowest BCUT2D eigenvalue weighted by Crippen LogP contribution is -2.46. The summed E-state index contributed by atoms with van der Waals surface area (Å²) in [6, 6.07) is 16.1. The molecule has 28 heavy (non-hydrogen) atoms. The highest BCUT2D eigenvalue weighted by Gasteiger charge is 2.23. The highest BCUT2D eigenvalue weighted by molar-refractivity contribution is 7.51. The number of amides is 1. The molecule has 1 amide bonds. The van der Waals surface area contributed by atoms with Gasteiger partial charge in [0.2, 0.25) is 5.91 Å². The van der Waals surface area contributed by atoms with Crippen molar-refractivity contribution in [3.8, 4) is 11.1 Å². The Morgan fingerprint density at radius 2 is 1.64 bits per heavy atom. The van der Waals surface area contributed by atoms with Gasteiger partial charge in [0, 0.05) is 6.54 Å². The maximum atomic E-state index is 12.5. The Labute approximate surface area is 162 Å². The standard InChI is InChI=1S/C19H23N2O6P/c22-18(23)10-11-20-19(24)17(21-13-28(25,26)27)12-15-8-4-5-9-16(15)14-6-2-1-3-7-14/h1-9,17,21H,10-13H2,(H,20,24)(H,22,23)(H2,25,26,27)/t17-/m0/s1. The van der Waals surface area contributed by atoms with Crippen LogP contribution in [0.3, 0.4) is 0 Å². The second-order valence-corrected chi connectivity index (χ2v) is 7.89. The molecule has 150 valence electrons. The minimum absolute atomic E-state index is 0.0669. The smallest absolute Gasteiger partial charge is 0.339 e. The lowest BCUT2D eigenvalue weighted by molar-refractivity contribution is -0.137. The average molecular weight is 406 g/mol. The Morgan fingerprint density at radius 3 is 2.29 bits per heavy atom. The maximum Gasteiger partial charge on any atom is 0.339 e. The van der Waals surface area contributed by atoms with Crippen LogP contribution in [-0.4, -0.2) is 45.6 Å². The molecule has 0 unspecified atom stereocenters. The van der Waals surface area contributed by atoms with E-state index in [1.165, 1.54) is 0 Å². The molecule has 0 aliphatic heterocycles. The van der Waals surface area contributed by atoms with Gasteiger partial charge in [-0.05, 0) is 23.1 Å². The lowest BCUT2D eigenvalue weighted by atomic mass is 9.95. The van der Waals surface area contributed by atoms with Crippen molar-refractivity contribution < 1.29 is 29.0 Å². The summed E-state index contributed by atoms with van der Waals surface area (Å²) in [5.41, 5.74) is 2.69. The first-order valence-corrected chi connectivity index (χ1v) is 10.5. The summed E-state index contributed by atoms with van der Waals surface area (Å²) in [4.78, 5) is 41.4. The minimum Gasteiger partial charge on any atom is -0.481 e. The summed E-state index contributed by atoms with van der Waals surface area (Å²) in [7, 11) is -4.36. The molecule has 2 aromatic carbocycles. The highest BCUT2D eigenvalue weighted by Crippen LogP contribution is 2.32. The van der Waals surface area contributed by atoms with Gasteiger partial charge in [0.15, 0.2) is 0 Å². The first kappa shape index (κ1) is 21.8. The monoisotopic (exact) mass is 406 g/mol. The van der Waals surface area contributed by atoms with Crippen LogP contribution in [0.1, 0.15) is 12.0 Å². The van der Waals surface area contributed by atoms with E-state index >= 15 is 0 Å². The van der Waals surface area contributed by atoms with E-state index in [1.807, 2.05) is 54.6 Å². The Morgan fingerprint density at radius 1 is 1.00 bits per heavy atom. The molecule has 0 saturated carbocycles. The Balaban J connectivity index is 2.21. The number of benzene rings is 2. The van der Waals surface area contributed by atoms with Gasteiger partial charge in [0.1, 0.15) is 0 Å². The second-order valence-electron chi connectivity index (χ2n) is 6.24. The molecule has 1 atom stereocenters. The fourth-order valence-electron chi connectivity index (χ4n) is 2.72. The molecule has 0 saturated heterocycles. The Bertz CT molecular complexity index is 853. The third kappa shape index (κ3) is 7.25. The van der Waals surface area contributed by atoms with Gasteiger partial charge in [-0.25, -0.2) is 0 Å². The van der Waals surface area contributed by atoms with Crippen molar-refractivity contribution in [2.45, 2.75) is 18.9 Å². The fraction of sp³-hybridized carbons (Fsp3) is 0.263. The molecule has 5 N–H and O–H groups in total. The number of carboxylic acids is 1. The number of rotatable bonds is 10. The van der Waals surface area contributed by atoms with Crippen LogP contribution in [0.25, 0.3) is 11.1 Å². The summed E-state index contributed by atoms with van der Waals surface area (Å²) in [6.07, 6.45) is -0.709. The van der Waals surface area contributed by atoms with Gasteiger partial charge >= 0.3 is 13.6 Å². The second kappa shape index (κ2) is 10.1. The van der Waals surface area contributed by atoms with Gasteiger partial charge in [-0.15, -0.1) is 0 Å². The van der Waals surface area contributed by atoms with Crippen molar-refractivity contribution in [1.82, 2.24) is 10.6 Å². The van der Waals surface area contributed by atoms with E-state index in [2.05, 4.69) is 10.6 Å². The number of aliphatic carboxylic acids is 1. The van der Waals surface area contributed by atoms with E-state index in [9.17, 15) is 14.2 Å². The largest absolute Gasteiger partial charge is 0.481 e. The summed E-state index contributed by atoms with van der Waals surface area (Å²) >= 11 is 0. The molecule has 0 spiro atoms. The maximum absolute atomic E-state index is 12.5. The predicted octanol–water partition coefficient (Wildman–Crippen LogP) is 1.58. The van der Waals surface area contributed by atoms with Crippen LogP contribution in [0.15, 0.2) is 54.6 Å². The van der Waals surface area contributed by atoms with Gasteiger partial charge in [-0.1, -0.05) is 54.6 Å². The number of carboxylic acid groups (broad SMARTS) is 1. The van der Waals surface area contributed by atoms with Crippen LogP contribution in [0, 0.1) is 0 Å². The van der Waals surface area contributed by atoms with Crippen molar-refractivity contribution in [1.29, 1.82) is 0 Å². The molecule has 2 rings (SSSR count). The molecule has 0 aromatic heterocycles. The van der Waals surface area contributed by atoms with Crippen LogP contribution in [-0.2, 0) is 20.6 Å². The predicted molar refractivity (Wildman–Crippen MR) is 105 cm³/mol. The molecule has 0 heterocycles. The molecule has 8 nitrogen and oxygen atoms in total. The third-order valence-corrected chi connectivity index (χ3v) is 4.62. The van der Waals surface area contributed by atoms with Crippen LogP contribution in [0.4, 0.5) is 0 Å². The van der Waals surface area contributed by atoms with Gasteiger partial charge < -0.3 is 20.2 Å². The van der Waals surface area contributed by atoms with Crippen LogP contribution >= 0.6 is 7.60 Å². The van der Waals surface area contributed by atoms with E-state index in [0.717, 1.165) is 16.7 Å². The number of carbonyl (C=O) groups excluding carboxylic acids is 1. The van der Waals surface area contributed by atoms with Crippen LogP contribution < -0.4 is 10.6 Å². The van der Waals surface area contributed by atoms with Crippen LogP contribution in [0.2, 0.25) is 0 Å². The SMILES string of the molecule is O=C(O)CCNC(=O)[C@H](Cc1ccccc1-c1ccccc1)NCP(=O)(O)O. The van der Waals surface area contributed by atoms with Gasteiger partial charge in [0.25, 0.3) is 0 Å². The summed E-state index contributed by atoms with van der Waals surface area (Å²) in [6.45, 7) is -0.0669. The summed E-state index contributed by atoms with van der Waals surface area (Å²) in [5.74, 6) is -1.56. The molecule has 0 aliphatic rings. The molecule has 0 aliphatic carbocycles. The Hall–Kier alpha value is -2.51. The van der Waals surface area contributed by atoms with Gasteiger partial charge in [0.05, 0.1) is 18.7 Å². The number of carbonyl (C=O) groups is 2. The Kier molecular flexibility index (Phi) is 7.90. The zero-order valence-corrected chi connectivity index (χ0v) is 16.0. The van der Waals surface area contributed by atoms with Crippen LogP contribution in [0.5, 0.6) is 0 Å². The molecule has 0 bridgehead atoms. The number of hydrogen-bond donors (Lipinski definition) is 5. The third-order valence-electron chi connectivity index (χ3n) is 4.02. The molecular formula is C19H23N2O6P. The topological polar surface area (TPSA) is 136 Å². The van der Waals surface area contributed by atoms with E-state index < -0.39 is 31.8 Å². The molecule has 0 radical (unpaired) electrons. The number of hydrogen-bond acceptors (Lipinski definition) is 4. The minimum atomic E-state index is -4.36. The lowest BCUT2D eigenvalue weighted by Gasteiger charge is -2.20. The summed E-state index contributed by atoms with van der Waals surface area (Å²) < 4.78 is 11.2. The molecule has 9 heteroatoms. The molecule has 0 fully saturated rings. The molecule has 2 aromatic rings. The normalized spacial score (nSPS) is 12.4. The fourth-order valence-corrected chi connectivity index (χ4v) is 3.18. The van der Waals surface area contributed by atoms with Gasteiger partial charge in [-0.3, -0.25) is 19.5 Å². The van der Waals surface area contributed by atoms with E-state index in [4.69, 9.17) is 14.9 Å².